The third-order valence-electron chi connectivity index (χ3n) is 6.73. The van der Waals surface area contributed by atoms with Gasteiger partial charge in [0.15, 0.2) is 0 Å². The highest BCUT2D eigenvalue weighted by Gasteiger charge is 2.42. The molecule has 0 unspecified atom stereocenters. The average molecular weight is 472 g/mol. The van der Waals surface area contributed by atoms with Crippen LogP contribution in [0.15, 0.2) is 78.9 Å². The number of carbonyl (C=O) groups excluding carboxylic acids is 2. The number of methoxy groups -OCH3 is 1. The Morgan fingerprint density at radius 2 is 1.69 bits per heavy atom. The molecule has 182 valence electrons. The topological polar surface area (TPSA) is 61.9 Å². The third-order valence-corrected chi connectivity index (χ3v) is 6.73. The minimum absolute atomic E-state index is 0.0691. The van der Waals surface area contributed by atoms with Crippen molar-refractivity contribution in [1.82, 2.24) is 10.2 Å². The van der Waals surface area contributed by atoms with Crippen LogP contribution in [0.1, 0.15) is 46.8 Å². The van der Waals surface area contributed by atoms with Gasteiger partial charge in [0, 0.05) is 37.9 Å². The summed E-state index contributed by atoms with van der Waals surface area (Å²) in [7, 11) is 3.39. The fraction of sp³-hybridized carbons (Fsp3) is 0.310. The Bertz CT molecular complexity index is 1150. The van der Waals surface area contributed by atoms with Gasteiger partial charge in [-0.3, -0.25) is 9.59 Å². The number of amides is 2. The van der Waals surface area contributed by atoms with Crippen LogP contribution in [0.25, 0.3) is 0 Å². The summed E-state index contributed by atoms with van der Waals surface area (Å²) in [5.74, 6) is 0.0878. The van der Waals surface area contributed by atoms with Gasteiger partial charge in [0.25, 0.3) is 5.91 Å². The second kappa shape index (κ2) is 11.1. The van der Waals surface area contributed by atoms with Gasteiger partial charge < -0.3 is 19.9 Å². The van der Waals surface area contributed by atoms with Crippen molar-refractivity contribution in [3.8, 4) is 5.75 Å². The van der Waals surface area contributed by atoms with Crippen LogP contribution in [0.4, 0.5) is 5.69 Å². The van der Waals surface area contributed by atoms with Crippen molar-refractivity contribution in [2.24, 2.45) is 0 Å². The Kier molecular flexibility index (Phi) is 7.70. The highest BCUT2D eigenvalue weighted by Crippen LogP contribution is 2.42. The van der Waals surface area contributed by atoms with Gasteiger partial charge in [-0.15, -0.1) is 0 Å². The first-order chi connectivity index (χ1) is 17.0. The van der Waals surface area contributed by atoms with Crippen molar-refractivity contribution < 1.29 is 14.3 Å². The van der Waals surface area contributed by atoms with Crippen LogP contribution in [0.5, 0.6) is 5.75 Å². The number of likely N-dealkylation sites (N-methyl/N-ethyl adjacent to an activating group) is 1. The van der Waals surface area contributed by atoms with Crippen LogP contribution in [0.2, 0.25) is 0 Å². The number of fused-ring (bicyclic) bond motifs is 1. The summed E-state index contributed by atoms with van der Waals surface area (Å²) in [6.45, 7) is 4.45. The molecule has 2 atom stereocenters. The molecule has 3 aromatic carbocycles. The van der Waals surface area contributed by atoms with Crippen LogP contribution < -0.4 is 15.0 Å². The number of hydrogen-bond acceptors (Lipinski definition) is 4. The average Bonchev–Trinajstić information content (AvgIpc) is 2.91. The number of anilines is 1. The molecule has 35 heavy (non-hydrogen) atoms. The minimum atomic E-state index is -0.501. The fourth-order valence-corrected chi connectivity index (χ4v) is 4.87. The van der Waals surface area contributed by atoms with Crippen molar-refractivity contribution in [2.45, 2.75) is 25.3 Å². The molecule has 2 amide bonds. The number of rotatable bonds is 9. The smallest absolute Gasteiger partial charge is 0.254 e. The van der Waals surface area contributed by atoms with E-state index in [0.717, 1.165) is 36.4 Å². The summed E-state index contributed by atoms with van der Waals surface area (Å²) in [4.78, 5) is 30.8. The number of ether oxygens (including phenoxy) is 1. The van der Waals surface area contributed by atoms with Gasteiger partial charge in [-0.25, -0.2) is 0 Å². The van der Waals surface area contributed by atoms with Gasteiger partial charge in [-0.2, -0.15) is 0 Å². The Morgan fingerprint density at radius 3 is 2.37 bits per heavy atom. The second-order valence-corrected chi connectivity index (χ2v) is 8.76. The van der Waals surface area contributed by atoms with E-state index in [1.54, 1.807) is 25.1 Å². The number of carbonyl (C=O) groups is 2. The van der Waals surface area contributed by atoms with Crippen LogP contribution in [-0.2, 0) is 4.79 Å². The monoisotopic (exact) mass is 471 g/mol. The number of benzene rings is 3. The molecule has 0 aromatic heterocycles. The Hall–Kier alpha value is -3.80. The number of nitrogens with one attached hydrogen (secondary N) is 1. The summed E-state index contributed by atoms with van der Waals surface area (Å²) < 4.78 is 5.30. The van der Waals surface area contributed by atoms with Crippen LogP contribution in [0, 0.1) is 0 Å². The molecule has 6 nitrogen and oxygen atoms in total. The van der Waals surface area contributed by atoms with Crippen LogP contribution in [0.3, 0.4) is 0 Å². The number of nitrogens with zero attached hydrogens (tertiary/aromatic N) is 2. The maximum atomic E-state index is 13.6. The molecule has 6 heteroatoms. The summed E-state index contributed by atoms with van der Waals surface area (Å²) in [6, 6.07) is 24.9. The fourth-order valence-electron chi connectivity index (χ4n) is 4.87. The Balaban J connectivity index is 1.52. The molecule has 0 saturated carbocycles. The van der Waals surface area contributed by atoms with Crippen molar-refractivity contribution in [1.29, 1.82) is 0 Å². The lowest BCUT2D eigenvalue weighted by molar-refractivity contribution is -0.124. The third kappa shape index (κ3) is 5.16. The maximum absolute atomic E-state index is 13.6. The predicted octanol–water partition coefficient (Wildman–Crippen LogP) is 4.64. The van der Waals surface area contributed by atoms with Gasteiger partial charge in [0.1, 0.15) is 5.75 Å². The molecule has 1 heterocycles. The first kappa shape index (κ1) is 24.3. The lowest BCUT2D eigenvalue weighted by atomic mass is 9.79. The van der Waals surface area contributed by atoms with Crippen LogP contribution >= 0.6 is 0 Å². The lowest BCUT2D eigenvalue weighted by Crippen LogP contribution is -2.46. The largest absolute Gasteiger partial charge is 0.497 e. The zero-order valence-electron chi connectivity index (χ0n) is 20.6. The van der Waals surface area contributed by atoms with E-state index >= 15 is 0 Å². The van der Waals surface area contributed by atoms with Crippen molar-refractivity contribution >= 4 is 17.5 Å². The van der Waals surface area contributed by atoms with E-state index in [4.69, 9.17) is 4.74 Å². The summed E-state index contributed by atoms with van der Waals surface area (Å²) in [5.41, 5.74) is 3.44. The van der Waals surface area contributed by atoms with Crippen molar-refractivity contribution in [3.05, 3.63) is 95.6 Å². The molecule has 0 bridgehead atoms. The molecule has 1 aliphatic rings. The second-order valence-electron chi connectivity index (χ2n) is 8.76. The van der Waals surface area contributed by atoms with Gasteiger partial charge in [-0.05, 0) is 54.8 Å². The Labute approximate surface area is 207 Å². The molecule has 0 spiro atoms. The molecule has 0 saturated heterocycles. The molecule has 1 N–H and O–H groups in total. The first-order valence-corrected chi connectivity index (χ1v) is 12.1. The van der Waals surface area contributed by atoms with E-state index in [1.165, 1.54) is 5.69 Å². The molecular formula is C29H33N3O3. The van der Waals surface area contributed by atoms with E-state index in [-0.39, 0.29) is 11.8 Å². The van der Waals surface area contributed by atoms with Gasteiger partial charge in [0.05, 0.1) is 19.1 Å². The molecule has 0 radical (unpaired) electrons. The van der Waals surface area contributed by atoms with Gasteiger partial charge in [-0.1, -0.05) is 48.5 Å². The van der Waals surface area contributed by atoms with Crippen molar-refractivity contribution in [2.75, 3.05) is 38.7 Å². The SMILES string of the molecule is CCN(CCCNC(=O)[C@@H]1c2ccccc2C(=O)N(C)[C@H]1c1ccc(OC)cc1)c1ccccc1. The molecular weight excluding hydrogens is 438 g/mol. The van der Waals surface area contributed by atoms with Crippen molar-refractivity contribution in [3.63, 3.8) is 0 Å². The number of hydrogen-bond donors (Lipinski definition) is 1. The normalized spacial score (nSPS) is 17.0. The van der Waals surface area contributed by atoms with E-state index in [0.29, 0.717) is 12.1 Å². The zero-order chi connectivity index (χ0) is 24.8. The molecule has 0 aliphatic carbocycles. The van der Waals surface area contributed by atoms with E-state index in [9.17, 15) is 9.59 Å². The van der Waals surface area contributed by atoms with Gasteiger partial charge in [0.2, 0.25) is 5.91 Å². The highest BCUT2D eigenvalue weighted by atomic mass is 16.5. The molecule has 1 aliphatic heterocycles. The maximum Gasteiger partial charge on any atom is 0.254 e. The summed E-state index contributed by atoms with van der Waals surface area (Å²) >= 11 is 0. The molecule has 4 rings (SSSR count). The minimum Gasteiger partial charge on any atom is -0.497 e. The highest BCUT2D eigenvalue weighted by molar-refractivity contribution is 6.01. The lowest BCUT2D eigenvalue weighted by Gasteiger charge is -2.39. The molecule has 3 aromatic rings. The summed E-state index contributed by atoms with van der Waals surface area (Å²) in [5, 5.41) is 3.15. The Morgan fingerprint density at radius 1 is 1.00 bits per heavy atom. The van der Waals surface area contributed by atoms with E-state index < -0.39 is 12.0 Å². The first-order valence-electron chi connectivity index (χ1n) is 12.1. The van der Waals surface area contributed by atoms with E-state index in [2.05, 4.69) is 29.3 Å². The predicted molar refractivity (Wildman–Crippen MR) is 139 cm³/mol. The quantitative estimate of drug-likeness (QED) is 0.462. The van der Waals surface area contributed by atoms with Crippen LogP contribution in [-0.4, -0.2) is 50.5 Å². The molecule has 0 fully saturated rings. The van der Waals surface area contributed by atoms with Gasteiger partial charge >= 0.3 is 0 Å². The zero-order valence-corrected chi connectivity index (χ0v) is 20.6. The summed E-state index contributed by atoms with van der Waals surface area (Å²) in [6.07, 6.45) is 0.824. The van der Waals surface area contributed by atoms with E-state index in [1.807, 2.05) is 60.7 Å². The standard InChI is InChI=1S/C29H33N3O3/c1-4-32(22-11-6-5-7-12-22)20-10-19-30-28(33)26-24-13-8-9-14-25(24)29(34)31(2)27(26)21-15-17-23(35-3)18-16-21/h5-9,11-18,26-27H,4,10,19-20H2,1-3H3,(H,30,33)/t26-,27+/m1/s1. The number of para-hydroxylation sites is 1.